The Labute approximate surface area is 110 Å². The monoisotopic (exact) mass is 262 g/mol. The summed E-state index contributed by atoms with van der Waals surface area (Å²) in [6.45, 7) is 1.77. The number of imidazole rings is 1. The average Bonchev–Trinajstić information content (AvgIpc) is 2.80. The fourth-order valence-corrected chi connectivity index (χ4v) is 2.19. The molecule has 0 aliphatic heterocycles. The predicted octanol–water partition coefficient (Wildman–Crippen LogP) is 2.95. The highest BCUT2D eigenvalue weighted by molar-refractivity contribution is 7.71. The molecule has 1 aromatic carbocycles. The van der Waals surface area contributed by atoms with Gasteiger partial charge in [0.1, 0.15) is 6.04 Å². The molecular formula is C13H14N2O2S. The summed E-state index contributed by atoms with van der Waals surface area (Å²) in [7, 11) is 1.37. The summed E-state index contributed by atoms with van der Waals surface area (Å²) in [6, 6.07) is 9.32. The number of hydrogen-bond acceptors (Lipinski definition) is 3. The van der Waals surface area contributed by atoms with Crippen molar-refractivity contribution in [3.63, 3.8) is 0 Å². The molecule has 1 atom stereocenters. The van der Waals surface area contributed by atoms with Crippen LogP contribution >= 0.6 is 12.2 Å². The van der Waals surface area contributed by atoms with E-state index < -0.39 is 6.04 Å². The highest BCUT2D eigenvalue weighted by atomic mass is 32.1. The number of esters is 1. The van der Waals surface area contributed by atoms with Crippen LogP contribution < -0.4 is 0 Å². The molecule has 18 heavy (non-hydrogen) atoms. The maximum absolute atomic E-state index is 11.6. The van der Waals surface area contributed by atoms with E-state index >= 15 is 0 Å². The quantitative estimate of drug-likeness (QED) is 0.683. The van der Waals surface area contributed by atoms with E-state index in [2.05, 4.69) is 4.98 Å². The van der Waals surface area contributed by atoms with E-state index in [0.717, 1.165) is 11.3 Å². The van der Waals surface area contributed by atoms with Crippen LogP contribution in [0.1, 0.15) is 13.0 Å². The fourth-order valence-electron chi connectivity index (χ4n) is 1.87. The summed E-state index contributed by atoms with van der Waals surface area (Å²) in [5, 5.41) is 0. The van der Waals surface area contributed by atoms with Crippen LogP contribution in [0.5, 0.6) is 0 Å². The lowest BCUT2D eigenvalue weighted by atomic mass is 10.1. The van der Waals surface area contributed by atoms with Crippen molar-refractivity contribution in [2.75, 3.05) is 7.11 Å². The van der Waals surface area contributed by atoms with Crippen LogP contribution in [0.15, 0.2) is 36.5 Å². The normalized spacial score (nSPS) is 12.1. The van der Waals surface area contributed by atoms with Gasteiger partial charge in [-0.2, -0.15) is 0 Å². The Morgan fingerprint density at radius 3 is 2.67 bits per heavy atom. The molecule has 2 rings (SSSR count). The SMILES string of the molecule is COC(=O)C(C)n1c(-c2ccccc2)c[nH]c1=S. The molecular weight excluding hydrogens is 248 g/mol. The molecule has 94 valence electrons. The second-order valence-electron chi connectivity index (χ2n) is 3.91. The van der Waals surface area contributed by atoms with E-state index in [0.29, 0.717) is 4.77 Å². The van der Waals surface area contributed by atoms with Gasteiger partial charge in [-0.05, 0) is 24.7 Å². The third-order valence-electron chi connectivity index (χ3n) is 2.81. The van der Waals surface area contributed by atoms with Crippen LogP contribution in [-0.4, -0.2) is 22.6 Å². The van der Waals surface area contributed by atoms with Gasteiger partial charge in [-0.3, -0.25) is 0 Å². The van der Waals surface area contributed by atoms with Crippen LogP contribution in [0.2, 0.25) is 0 Å². The van der Waals surface area contributed by atoms with Gasteiger partial charge in [0.25, 0.3) is 0 Å². The zero-order valence-electron chi connectivity index (χ0n) is 10.2. The molecule has 0 radical (unpaired) electrons. The van der Waals surface area contributed by atoms with Gasteiger partial charge < -0.3 is 14.3 Å². The molecule has 0 saturated heterocycles. The summed E-state index contributed by atoms with van der Waals surface area (Å²) in [5.74, 6) is -0.317. The number of benzene rings is 1. The Balaban J connectivity index is 2.52. The Bertz CT molecular complexity index is 601. The van der Waals surface area contributed by atoms with Crippen molar-refractivity contribution < 1.29 is 9.53 Å². The number of rotatable bonds is 3. The predicted molar refractivity (Wildman–Crippen MR) is 71.8 cm³/mol. The lowest BCUT2D eigenvalue weighted by molar-refractivity contribution is -0.144. The summed E-state index contributed by atoms with van der Waals surface area (Å²) in [6.07, 6.45) is 1.80. The molecule has 1 N–H and O–H groups in total. The summed E-state index contributed by atoms with van der Waals surface area (Å²) >= 11 is 5.22. The van der Waals surface area contributed by atoms with Crippen molar-refractivity contribution in [1.29, 1.82) is 0 Å². The zero-order valence-corrected chi connectivity index (χ0v) is 11.0. The molecule has 0 amide bonds. The fraction of sp³-hybridized carbons (Fsp3) is 0.231. The number of H-pyrrole nitrogens is 1. The zero-order chi connectivity index (χ0) is 13.1. The minimum absolute atomic E-state index is 0.317. The molecule has 0 spiro atoms. The number of aromatic amines is 1. The second-order valence-corrected chi connectivity index (χ2v) is 4.30. The molecule has 0 fully saturated rings. The molecule has 0 saturated carbocycles. The van der Waals surface area contributed by atoms with Crippen LogP contribution in [0, 0.1) is 4.77 Å². The van der Waals surface area contributed by atoms with Gasteiger partial charge in [0, 0.05) is 6.20 Å². The van der Waals surface area contributed by atoms with Crippen LogP contribution in [0.4, 0.5) is 0 Å². The highest BCUT2D eigenvalue weighted by Crippen LogP contribution is 2.23. The largest absolute Gasteiger partial charge is 0.467 e. The number of carbonyl (C=O) groups is 1. The maximum atomic E-state index is 11.6. The van der Waals surface area contributed by atoms with Gasteiger partial charge in [-0.1, -0.05) is 30.3 Å². The molecule has 0 aliphatic rings. The maximum Gasteiger partial charge on any atom is 0.328 e. The minimum atomic E-state index is -0.455. The van der Waals surface area contributed by atoms with Crippen molar-refractivity contribution in [2.45, 2.75) is 13.0 Å². The second kappa shape index (κ2) is 5.18. The highest BCUT2D eigenvalue weighted by Gasteiger charge is 2.19. The Hall–Kier alpha value is -1.88. The third-order valence-corrected chi connectivity index (χ3v) is 3.12. The first-order valence-corrected chi connectivity index (χ1v) is 5.99. The minimum Gasteiger partial charge on any atom is -0.467 e. The molecule has 1 heterocycles. The van der Waals surface area contributed by atoms with Gasteiger partial charge in [0.05, 0.1) is 12.8 Å². The number of methoxy groups -OCH3 is 1. The van der Waals surface area contributed by atoms with Crippen LogP contribution in [0.3, 0.4) is 0 Å². The van der Waals surface area contributed by atoms with E-state index in [4.69, 9.17) is 17.0 Å². The smallest absolute Gasteiger partial charge is 0.328 e. The van der Waals surface area contributed by atoms with Gasteiger partial charge in [-0.15, -0.1) is 0 Å². The van der Waals surface area contributed by atoms with Gasteiger partial charge >= 0.3 is 5.97 Å². The van der Waals surface area contributed by atoms with E-state index in [1.165, 1.54) is 7.11 Å². The number of nitrogens with one attached hydrogen (secondary N) is 1. The molecule has 0 bridgehead atoms. The molecule has 5 heteroatoms. The van der Waals surface area contributed by atoms with Crippen molar-refractivity contribution in [2.24, 2.45) is 0 Å². The van der Waals surface area contributed by atoms with Crippen molar-refractivity contribution in [3.05, 3.63) is 41.3 Å². The van der Waals surface area contributed by atoms with Crippen LogP contribution in [0.25, 0.3) is 11.3 Å². The molecule has 1 unspecified atom stereocenters. The number of hydrogen-bond donors (Lipinski definition) is 1. The summed E-state index contributed by atoms with van der Waals surface area (Å²) in [4.78, 5) is 14.6. The Morgan fingerprint density at radius 2 is 2.06 bits per heavy atom. The van der Waals surface area contributed by atoms with E-state index in [1.807, 2.05) is 30.3 Å². The number of carbonyl (C=O) groups excluding carboxylic acids is 1. The standard InChI is InChI=1S/C13H14N2O2S/c1-9(12(16)17-2)15-11(8-14-13(15)18)10-6-4-3-5-7-10/h3-9H,1-2H3,(H,14,18). The third kappa shape index (κ3) is 2.22. The van der Waals surface area contributed by atoms with E-state index in [9.17, 15) is 4.79 Å². The Kier molecular flexibility index (Phi) is 3.62. The number of nitrogens with zero attached hydrogens (tertiary/aromatic N) is 1. The number of aromatic nitrogens is 2. The number of ether oxygens (including phenoxy) is 1. The van der Waals surface area contributed by atoms with Crippen molar-refractivity contribution in [3.8, 4) is 11.3 Å². The Morgan fingerprint density at radius 1 is 1.39 bits per heavy atom. The average molecular weight is 262 g/mol. The molecule has 2 aromatic rings. The molecule has 1 aromatic heterocycles. The lowest BCUT2D eigenvalue weighted by Gasteiger charge is -2.14. The van der Waals surface area contributed by atoms with Gasteiger partial charge in [-0.25, -0.2) is 4.79 Å². The van der Waals surface area contributed by atoms with Gasteiger partial charge in [0.15, 0.2) is 4.77 Å². The summed E-state index contributed by atoms with van der Waals surface area (Å²) < 4.78 is 7.03. The van der Waals surface area contributed by atoms with E-state index in [-0.39, 0.29) is 5.97 Å². The van der Waals surface area contributed by atoms with Crippen LogP contribution in [-0.2, 0) is 9.53 Å². The summed E-state index contributed by atoms with van der Waals surface area (Å²) in [5.41, 5.74) is 1.87. The molecule has 0 aliphatic carbocycles. The topological polar surface area (TPSA) is 47.0 Å². The van der Waals surface area contributed by atoms with Gasteiger partial charge in [0.2, 0.25) is 0 Å². The molecule has 4 nitrogen and oxygen atoms in total. The first kappa shape index (κ1) is 12.6. The first-order chi connectivity index (χ1) is 8.65. The first-order valence-electron chi connectivity index (χ1n) is 5.58. The van der Waals surface area contributed by atoms with E-state index in [1.54, 1.807) is 17.7 Å². The van der Waals surface area contributed by atoms with Crippen molar-refractivity contribution in [1.82, 2.24) is 9.55 Å². The van der Waals surface area contributed by atoms with Crippen molar-refractivity contribution >= 4 is 18.2 Å². The lowest BCUT2D eigenvalue weighted by Crippen LogP contribution is -2.18.